The summed E-state index contributed by atoms with van der Waals surface area (Å²) in [4.78, 5) is 11.9. The molecule has 0 spiro atoms. The molecule has 0 bridgehead atoms. The Labute approximate surface area is 98.2 Å². The second-order valence-corrected chi connectivity index (χ2v) is 4.27. The Kier molecular flexibility index (Phi) is 3.07. The third-order valence-corrected chi connectivity index (χ3v) is 2.77. The Hall–Kier alpha value is -1.20. The normalized spacial score (nSPS) is 24.4. The molecule has 1 amide bonds. The molecule has 0 saturated carbocycles. The van der Waals surface area contributed by atoms with E-state index in [9.17, 15) is 4.79 Å². The molecule has 1 aromatic rings. The van der Waals surface area contributed by atoms with Crippen LogP contribution in [0.2, 0.25) is 5.15 Å². The van der Waals surface area contributed by atoms with Gasteiger partial charge < -0.3 is 10.1 Å². The molecule has 1 aromatic heterocycles. The van der Waals surface area contributed by atoms with Crippen LogP contribution in [0.25, 0.3) is 0 Å². The molecular weight excluding hydrogens is 230 g/mol. The van der Waals surface area contributed by atoms with Gasteiger partial charge in [-0.25, -0.2) is 0 Å². The number of anilines is 1. The third kappa shape index (κ3) is 2.31. The number of hydrogen-bond acceptors (Lipinski definition) is 4. The first kappa shape index (κ1) is 11.3. The molecule has 5 nitrogen and oxygen atoms in total. The van der Waals surface area contributed by atoms with E-state index in [0.29, 0.717) is 17.6 Å². The van der Waals surface area contributed by atoms with Gasteiger partial charge in [-0.1, -0.05) is 11.6 Å². The number of ether oxygens (including phenoxy) is 1. The zero-order valence-electron chi connectivity index (χ0n) is 8.86. The lowest BCUT2D eigenvalue weighted by molar-refractivity contribution is -0.133. The summed E-state index contributed by atoms with van der Waals surface area (Å²) < 4.78 is 5.41. The Morgan fingerprint density at radius 2 is 2.38 bits per heavy atom. The van der Waals surface area contributed by atoms with Crippen LogP contribution >= 0.6 is 11.6 Å². The van der Waals surface area contributed by atoms with Crippen LogP contribution in [0.5, 0.6) is 0 Å². The highest BCUT2D eigenvalue weighted by molar-refractivity contribution is 6.29. The van der Waals surface area contributed by atoms with Gasteiger partial charge in [0, 0.05) is 6.61 Å². The number of amides is 1. The average molecular weight is 242 g/mol. The highest BCUT2D eigenvalue weighted by Crippen LogP contribution is 2.26. The molecule has 86 valence electrons. The Bertz CT molecular complexity index is 388. The zero-order chi connectivity index (χ0) is 11.6. The van der Waals surface area contributed by atoms with Crippen molar-refractivity contribution in [3.05, 3.63) is 17.3 Å². The summed E-state index contributed by atoms with van der Waals surface area (Å²) in [6, 6.07) is 3.17. The first-order chi connectivity index (χ1) is 7.60. The molecule has 1 aliphatic rings. The van der Waals surface area contributed by atoms with Gasteiger partial charge in [-0.2, -0.15) is 0 Å². The maximum Gasteiger partial charge on any atom is 0.257 e. The van der Waals surface area contributed by atoms with Crippen molar-refractivity contribution in [2.24, 2.45) is 0 Å². The molecule has 2 heterocycles. The molecule has 1 atom stereocenters. The molecule has 1 N–H and O–H groups in total. The zero-order valence-corrected chi connectivity index (χ0v) is 9.62. The largest absolute Gasteiger partial charge is 0.365 e. The maximum atomic E-state index is 11.9. The molecule has 1 fully saturated rings. The third-order valence-electron chi connectivity index (χ3n) is 2.57. The van der Waals surface area contributed by atoms with Gasteiger partial charge in [0.25, 0.3) is 5.91 Å². The standard InChI is InChI=1S/C10H12ClN3O2/c1-10(5-2-6-16-10)9(15)12-8-4-3-7(11)13-14-8/h3-4H,2,5-6H2,1H3,(H,12,14,15). The second-order valence-electron chi connectivity index (χ2n) is 3.88. The number of hydrogen-bond donors (Lipinski definition) is 1. The van der Waals surface area contributed by atoms with Gasteiger partial charge in [0.1, 0.15) is 5.60 Å². The van der Waals surface area contributed by atoms with E-state index in [1.807, 2.05) is 0 Å². The van der Waals surface area contributed by atoms with Crippen molar-refractivity contribution in [3.8, 4) is 0 Å². The summed E-state index contributed by atoms with van der Waals surface area (Å²) in [5, 5.41) is 10.3. The van der Waals surface area contributed by atoms with Gasteiger partial charge in [0.15, 0.2) is 11.0 Å². The molecule has 16 heavy (non-hydrogen) atoms. The SMILES string of the molecule is CC1(C(=O)Nc2ccc(Cl)nn2)CCCO1. The van der Waals surface area contributed by atoms with Gasteiger partial charge in [-0.15, -0.1) is 10.2 Å². The van der Waals surface area contributed by atoms with Crippen LogP contribution in [0.1, 0.15) is 19.8 Å². The molecule has 2 rings (SSSR count). The molecule has 6 heteroatoms. The number of rotatable bonds is 2. The number of nitrogens with one attached hydrogen (secondary N) is 1. The predicted octanol–water partition coefficient (Wildman–Crippen LogP) is 1.64. The van der Waals surface area contributed by atoms with Crippen molar-refractivity contribution in [1.82, 2.24) is 10.2 Å². The van der Waals surface area contributed by atoms with Gasteiger partial charge in [-0.05, 0) is 31.9 Å². The van der Waals surface area contributed by atoms with Crippen molar-refractivity contribution in [1.29, 1.82) is 0 Å². The molecule has 1 aliphatic heterocycles. The highest BCUT2D eigenvalue weighted by atomic mass is 35.5. The molecule has 0 aromatic carbocycles. The van der Waals surface area contributed by atoms with E-state index in [1.54, 1.807) is 19.1 Å². The van der Waals surface area contributed by atoms with Crippen molar-refractivity contribution in [2.45, 2.75) is 25.4 Å². The van der Waals surface area contributed by atoms with E-state index in [2.05, 4.69) is 15.5 Å². The monoisotopic (exact) mass is 241 g/mol. The van der Waals surface area contributed by atoms with Gasteiger partial charge in [0.05, 0.1) is 0 Å². The van der Waals surface area contributed by atoms with E-state index >= 15 is 0 Å². The molecule has 1 saturated heterocycles. The second kappa shape index (κ2) is 4.35. The lowest BCUT2D eigenvalue weighted by atomic mass is 10.0. The molecule has 0 radical (unpaired) electrons. The summed E-state index contributed by atoms with van der Waals surface area (Å²) in [6.45, 7) is 2.40. The van der Waals surface area contributed by atoms with Crippen molar-refractivity contribution >= 4 is 23.3 Å². The topological polar surface area (TPSA) is 64.1 Å². The van der Waals surface area contributed by atoms with E-state index in [-0.39, 0.29) is 5.91 Å². The lowest BCUT2D eigenvalue weighted by Gasteiger charge is -2.21. The van der Waals surface area contributed by atoms with Crippen LogP contribution in [-0.2, 0) is 9.53 Å². The van der Waals surface area contributed by atoms with Crippen LogP contribution in [0.4, 0.5) is 5.82 Å². The molecular formula is C10H12ClN3O2. The number of halogens is 1. The van der Waals surface area contributed by atoms with Crippen LogP contribution in [0.3, 0.4) is 0 Å². The number of carbonyl (C=O) groups excluding carboxylic acids is 1. The van der Waals surface area contributed by atoms with Crippen molar-refractivity contribution < 1.29 is 9.53 Å². The van der Waals surface area contributed by atoms with Gasteiger partial charge in [0.2, 0.25) is 0 Å². The molecule has 0 aliphatic carbocycles. The fourth-order valence-electron chi connectivity index (χ4n) is 1.59. The van der Waals surface area contributed by atoms with Gasteiger partial charge >= 0.3 is 0 Å². The van der Waals surface area contributed by atoms with E-state index in [4.69, 9.17) is 16.3 Å². The summed E-state index contributed by atoms with van der Waals surface area (Å²) in [5.74, 6) is 0.188. The van der Waals surface area contributed by atoms with Crippen LogP contribution in [-0.4, -0.2) is 28.3 Å². The minimum atomic E-state index is -0.749. The minimum absolute atomic E-state index is 0.193. The predicted molar refractivity (Wildman–Crippen MR) is 59.3 cm³/mol. The fourth-order valence-corrected chi connectivity index (χ4v) is 1.69. The average Bonchev–Trinajstić information content (AvgIpc) is 2.70. The van der Waals surface area contributed by atoms with Crippen LogP contribution in [0.15, 0.2) is 12.1 Å². The Morgan fingerprint density at radius 3 is 2.94 bits per heavy atom. The Morgan fingerprint density at radius 1 is 1.56 bits per heavy atom. The molecule has 1 unspecified atom stereocenters. The van der Waals surface area contributed by atoms with Crippen LogP contribution < -0.4 is 5.32 Å². The van der Waals surface area contributed by atoms with E-state index in [0.717, 1.165) is 12.8 Å². The van der Waals surface area contributed by atoms with Crippen molar-refractivity contribution in [2.75, 3.05) is 11.9 Å². The fraction of sp³-hybridized carbons (Fsp3) is 0.500. The van der Waals surface area contributed by atoms with Gasteiger partial charge in [-0.3, -0.25) is 4.79 Å². The summed E-state index contributed by atoms with van der Waals surface area (Å²) in [6.07, 6.45) is 1.62. The summed E-state index contributed by atoms with van der Waals surface area (Å²) in [5.41, 5.74) is -0.749. The summed E-state index contributed by atoms with van der Waals surface area (Å²) >= 11 is 5.59. The van der Waals surface area contributed by atoms with E-state index in [1.165, 1.54) is 0 Å². The number of aromatic nitrogens is 2. The lowest BCUT2D eigenvalue weighted by Crippen LogP contribution is -2.39. The van der Waals surface area contributed by atoms with Crippen LogP contribution in [0, 0.1) is 0 Å². The summed E-state index contributed by atoms with van der Waals surface area (Å²) in [7, 11) is 0. The minimum Gasteiger partial charge on any atom is -0.365 e. The van der Waals surface area contributed by atoms with E-state index < -0.39 is 5.60 Å². The number of nitrogens with zero attached hydrogens (tertiary/aromatic N) is 2. The smallest absolute Gasteiger partial charge is 0.257 e. The first-order valence-corrected chi connectivity index (χ1v) is 5.43. The quantitative estimate of drug-likeness (QED) is 0.855. The first-order valence-electron chi connectivity index (χ1n) is 5.05. The van der Waals surface area contributed by atoms with Crippen molar-refractivity contribution in [3.63, 3.8) is 0 Å². The Balaban J connectivity index is 2.04. The highest BCUT2D eigenvalue weighted by Gasteiger charge is 2.37. The maximum absolute atomic E-state index is 11.9. The number of carbonyl (C=O) groups is 1.